The van der Waals surface area contributed by atoms with E-state index in [9.17, 15) is 4.79 Å². The highest BCUT2D eigenvalue weighted by Gasteiger charge is 2.12. The molecule has 0 aliphatic carbocycles. The van der Waals surface area contributed by atoms with Crippen molar-refractivity contribution < 1.29 is 14.6 Å². The number of aliphatic hydroxyl groups is 1. The minimum absolute atomic E-state index is 0.221. The van der Waals surface area contributed by atoms with E-state index in [1.54, 1.807) is 0 Å². The summed E-state index contributed by atoms with van der Waals surface area (Å²) in [6.45, 7) is 2.32. The SMILES string of the molecule is COC(=O)c1cc(C(C)CCCO)cs1. The molecule has 0 saturated heterocycles. The van der Waals surface area contributed by atoms with Gasteiger partial charge in [-0.2, -0.15) is 0 Å². The molecule has 1 rings (SSSR count). The van der Waals surface area contributed by atoms with Crippen LogP contribution in [0, 0.1) is 0 Å². The average molecular weight is 228 g/mol. The van der Waals surface area contributed by atoms with Crippen molar-refractivity contribution in [3.63, 3.8) is 0 Å². The number of esters is 1. The van der Waals surface area contributed by atoms with Gasteiger partial charge in [0.05, 0.1) is 7.11 Å². The molecule has 1 aromatic rings. The summed E-state index contributed by atoms with van der Waals surface area (Å²) >= 11 is 1.41. The maximum Gasteiger partial charge on any atom is 0.348 e. The summed E-state index contributed by atoms with van der Waals surface area (Å²) in [6.07, 6.45) is 1.73. The maximum absolute atomic E-state index is 11.2. The van der Waals surface area contributed by atoms with Crippen LogP contribution in [0.2, 0.25) is 0 Å². The van der Waals surface area contributed by atoms with Crippen LogP contribution in [0.3, 0.4) is 0 Å². The van der Waals surface area contributed by atoms with Crippen LogP contribution in [0.4, 0.5) is 0 Å². The lowest BCUT2D eigenvalue weighted by atomic mass is 9.99. The Morgan fingerprint density at radius 2 is 2.40 bits per heavy atom. The molecule has 3 nitrogen and oxygen atoms in total. The van der Waals surface area contributed by atoms with Gasteiger partial charge in [0.15, 0.2) is 0 Å². The highest BCUT2D eigenvalue weighted by atomic mass is 32.1. The monoisotopic (exact) mass is 228 g/mol. The molecule has 4 heteroatoms. The summed E-state index contributed by atoms with van der Waals surface area (Å²) in [7, 11) is 1.39. The zero-order valence-electron chi connectivity index (χ0n) is 9.03. The van der Waals surface area contributed by atoms with Gasteiger partial charge in [-0.15, -0.1) is 11.3 Å². The van der Waals surface area contributed by atoms with Crippen molar-refractivity contribution in [1.29, 1.82) is 0 Å². The third-order valence-electron chi connectivity index (χ3n) is 2.37. The Kier molecular flexibility index (Phi) is 4.78. The van der Waals surface area contributed by atoms with E-state index in [0.29, 0.717) is 10.8 Å². The van der Waals surface area contributed by atoms with Gasteiger partial charge < -0.3 is 9.84 Å². The van der Waals surface area contributed by atoms with Crippen molar-refractivity contribution in [2.75, 3.05) is 13.7 Å². The molecular formula is C11H16O3S. The van der Waals surface area contributed by atoms with Crippen LogP contribution in [0.1, 0.15) is 40.9 Å². The van der Waals surface area contributed by atoms with Crippen molar-refractivity contribution in [1.82, 2.24) is 0 Å². The number of methoxy groups -OCH3 is 1. The molecule has 0 saturated carbocycles. The van der Waals surface area contributed by atoms with E-state index in [-0.39, 0.29) is 12.6 Å². The second-order valence-corrected chi connectivity index (χ2v) is 4.41. The van der Waals surface area contributed by atoms with Crippen LogP contribution < -0.4 is 0 Å². The number of thiophene rings is 1. The first-order valence-corrected chi connectivity index (χ1v) is 5.84. The number of aliphatic hydroxyl groups excluding tert-OH is 1. The maximum atomic E-state index is 11.2. The van der Waals surface area contributed by atoms with Crippen LogP contribution in [0.5, 0.6) is 0 Å². The van der Waals surface area contributed by atoms with Gasteiger partial charge >= 0.3 is 5.97 Å². The number of ether oxygens (including phenoxy) is 1. The standard InChI is InChI=1S/C11H16O3S/c1-8(4-3-5-12)9-6-10(15-7-9)11(13)14-2/h6-8,12H,3-5H2,1-2H3. The van der Waals surface area contributed by atoms with Crippen molar-refractivity contribution >= 4 is 17.3 Å². The van der Waals surface area contributed by atoms with E-state index in [4.69, 9.17) is 5.11 Å². The van der Waals surface area contributed by atoms with E-state index >= 15 is 0 Å². The predicted octanol–water partition coefficient (Wildman–Crippen LogP) is 2.41. The highest BCUT2D eigenvalue weighted by molar-refractivity contribution is 7.12. The summed E-state index contributed by atoms with van der Waals surface area (Å²) in [5.41, 5.74) is 1.15. The van der Waals surface area contributed by atoms with Gasteiger partial charge in [0.1, 0.15) is 4.88 Å². The van der Waals surface area contributed by atoms with E-state index in [1.807, 2.05) is 11.4 Å². The Balaban J connectivity index is 2.62. The second kappa shape index (κ2) is 5.88. The van der Waals surface area contributed by atoms with Gasteiger partial charge in [-0.3, -0.25) is 0 Å². The third-order valence-corrected chi connectivity index (χ3v) is 3.30. The molecule has 0 bridgehead atoms. The van der Waals surface area contributed by atoms with Crippen LogP contribution >= 0.6 is 11.3 Å². The Morgan fingerprint density at radius 3 is 3.00 bits per heavy atom. The van der Waals surface area contributed by atoms with Crippen molar-refractivity contribution in [2.45, 2.75) is 25.7 Å². The molecule has 1 N–H and O–H groups in total. The fraction of sp³-hybridized carbons (Fsp3) is 0.545. The van der Waals surface area contributed by atoms with Crippen LogP contribution in [-0.2, 0) is 4.74 Å². The van der Waals surface area contributed by atoms with Crippen LogP contribution in [0.25, 0.3) is 0 Å². The highest BCUT2D eigenvalue weighted by Crippen LogP contribution is 2.26. The van der Waals surface area contributed by atoms with Gasteiger partial charge in [0.2, 0.25) is 0 Å². The van der Waals surface area contributed by atoms with Crippen LogP contribution in [0.15, 0.2) is 11.4 Å². The molecular weight excluding hydrogens is 212 g/mol. The second-order valence-electron chi connectivity index (χ2n) is 3.50. The lowest BCUT2D eigenvalue weighted by Crippen LogP contribution is -1.98. The number of carbonyl (C=O) groups is 1. The number of hydrogen-bond donors (Lipinski definition) is 1. The molecule has 0 amide bonds. The summed E-state index contributed by atoms with van der Waals surface area (Å²) in [4.78, 5) is 11.9. The minimum atomic E-state index is -0.277. The quantitative estimate of drug-likeness (QED) is 0.787. The topological polar surface area (TPSA) is 46.5 Å². The van der Waals surface area contributed by atoms with Gasteiger partial charge in [-0.05, 0) is 35.8 Å². The molecule has 1 atom stereocenters. The number of rotatable bonds is 5. The molecule has 0 fully saturated rings. The summed E-state index contributed by atoms with van der Waals surface area (Å²) < 4.78 is 4.64. The number of hydrogen-bond acceptors (Lipinski definition) is 4. The Bertz CT molecular complexity index is 319. The van der Waals surface area contributed by atoms with E-state index in [2.05, 4.69) is 11.7 Å². The molecule has 0 radical (unpaired) electrons. The first-order valence-electron chi connectivity index (χ1n) is 4.96. The average Bonchev–Trinajstić information content (AvgIpc) is 2.74. The summed E-state index contributed by atoms with van der Waals surface area (Å²) in [6, 6.07) is 1.87. The summed E-state index contributed by atoms with van der Waals surface area (Å²) in [5, 5.41) is 10.7. The lowest BCUT2D eigenvalue weighted by molar-refractivity contribution is 0.0606. The predicted molar refractivity (Wildman–Crippen MR) is 60.4 cm³/mol. The van der Waals surface area contributed by atoms with Crippen LogP contribution in [-0.4, -0.2) is 24.8 Å². The molecule has 0 aliphatic rings. The fourth-order valence-corrected chi connectivity index (χ4v) is 2.33. The zero-order valence-corrected chi connectivity index (χ0v) is 9.84. The molecule has 0 aliphatic heterocycles. The zero-order chi connectivity index (χ0) is 11.3. The van der Waals surface area contributed by atoms with Gasteiger partial charge in [0, 0.05) is 6.61 Å². The smallest absolute Gasteiger partial charge is 0.348 e. The largest absolute Gasteiger partial charge is 0.465 e. The Hall–Kier alpha value is -0.870. The van der Waals surface area contributed by atoms with Crippen molar-refractivity contribution in [2.24, 2.45) is 0 Å². The normalized spacial score (nSPS) is 12.5. The minimum Gasteiger partial charge on any atom is -0.465 e. The van der Waals surface area contributed by atoms with E-state index < -0.39 is 0 Å². The summed E-state index contributed by atoms with van der Waals surface area (Å²) in [5.74, 6) is 0.104. The van der Waals surface area contributed by atoms with E-state index in [0.717, 1.165) is 18.4 Å². The number of carbonyl (C=O) groups excluding carboxylic acids is 1. The molecule has 84 valence electrons. The van der Waals surface area contributed by atoms with Gasteiger partial charge in [-0.25, -0.2) is 4.79 Å². The molecule has 1 heterocycles. The van der Waals surface area contributed by atoms with Crippen molar-refractivity contribution in [3.8, 4) is 0 Å². The molecule has 1 aromatic heterocycles. The molecule has 15 heavy (non-hydrogen) atoms. The van der Waals surface area contributed by atoms with Gasteiger partial charge in [-0.1, -0.05) is 6.92 Å². The lowest BCUT2D eigenvalue weighted by Gasteiger charge is -2.07. The Morgan fingerprint density at radius 1 is 1.67 bits per heavy atom. The fourth-order valence-electron chi connectivity index (χ4n) is 1.38. The Labute approximate surface area is 93.7 Å². The molecule has 0 aromatic carbocycles. The van der Waals surface area contributed by atoms with Gasteiger partial charge in [0.25, 0.3) is 0 Å². The van der Waals surface area contributed by atoms with Crippen molar-refractivity contribution in [3.05, 3.63) is 21.9 Å². The first-order chi connectivity index (χ1) is 7.19. The molecule has 0 spiro atoms. The third kappa shape index (κ3) is 3.32. The first kappa shape index (κ1) is 12.2. The molecule has 1 unspecified atom stereocenters. The van der Waals surface area contributed by atoms with E-state index in [1.165, 1.54) is 18.4 Å².